The maximum absolute atomic E-state index is 5.05. The summed E-state index contributed by atoms with van der Waals surface area (Å²) in [7, 11) is 0. The van der Waals surface area contributed by atoms with E-state index >= 15 is 0 Å². The van der Waals surface area contributed by atoms with Crippen molar-refractivity contribution in [3.8, 4) is 0 Å². The summed E-state index contributed by atoms with van der Waals surface area (Å²) >= 11 is 10.1. The average Bonchev–Trinajstić information content (AvgIpc) is 1.37. The Morgan fingerprint density at radius 1 is 1.00 bits per heavy atom. The van der Waals surface area contributed by atoms with Crippen LogP contribution in [0.4, 0.5) is 0 Å². The van der Waals surface area contributed by atoms with Crippen molar-refractivity contribution >= 4 is 23.2 Å². The Bertz CT molecular complexity index is 9.61. The van der Waals surface area contributed by atoms with Crippen molar-refractivity contribution in [1.29, 1.82) is 0 Å². The maximum atomic E-state index is 5.05. The standard InChI is InChI=1S/C2H4Cl2.Zn/c3-1-2-4;/h1-2H2;. The third-order valence-corrected chi connectivity index (χ3v) is 0.643. The summed E-state index contributed by atoms with van der Waals surface area (Å²) < 4.78 is 0. The van der Waals surface area contributed by atoms with Crippen LogP contribution in [-0.2, 0) is 19.5 Å². The zero-order valence-electron chi connectivity index (χ0n) is 2.88. The van der Waals surface area contributed by atoms with Gasteiger partial charge in [-0.25, -0.2) is 0 Å². The smallest absolute Gasteiger partial charge is 0.0359 e. The zero-order chi connectivity index (χ0) is 3.41. The summed E-state index contributed by atoms with van der Waals surface area (Å²) in [4.78, 5) is 0. The minimum Gasteiger partial charge on any atom is -0.125 e. The number of hydrogen-bond acceptors (Lipinski definition) is 0. The number of rotatable bonds is 1. The predicted octanol–water partition coefficient (Wildman–Crippen LogP) is 1.46. The Labute approximate surface area is 54.6 Å². The molecule has 5 heavy (non-hydrogen) atoms. The fraction of sp³-hybridized carbons (Fsp3) is 1.00. The molecule has 0 atom stereocenters. The van der Waals surface area contributed by atoms with Gasteiger partial charge in [0.15, 0.2) is 0 Å². The second-order valence-electron chi connectivity index (χ2n) is 0.378. The molecule has 0 heterocycles. The van der Waals surface area contributed by atoms with Crippen molar-refractivity contribution in [3.63, 3.8) is 0 Å². The summed E-state index contributed by atoms with van der Waals surface area (Å²) in [6, 6.07) is 0. The normalized spacial score (nSPS) is 6.00. The van der Waals surface area contributed by atoms with Crippen LogP contribution in [0.3, 0.4) is 0 Å². The molecule has 0 aliphatic carbocycles. The molecule has 0 unspecified atom stereocenters. The molecule has 3 heteroatoms. The molecule has 0 spiro atoms. The molecule has 0 bridgehead atoms. The molecule has 0 aliphatic rings. The van der Waals surface area contributed by atoms with E-state index in [4.69, 9.17) is 23.2 Å². The fourth-order valence-corrected chi connectivity index (χ4v) is 0. The molecule has 0 aromatic heterocycles. The first-order valence-electron chi connectivity index (χ1n) is 1.03. The summed E-state index contributed by atoms with van der Waals surface area (Å²) in [5, 5.41) is 0. The van der Waals surface area contributed by atoms with Gasteiger partial charge in [0, 0.05) is 31.2 Å². The van der Waals surface area contributed by atoms with Crippen LogP contribution in [0.5, 0.6) is 0 Å². The Kier molecular flexibility index (Phi) is 17.0. The van der Waals surface area contributed by atoms with Gasteiger partial charge in [0.1, 0.15) is 0 Å². The van der Waals surface area contributed by atoms with E-state index in [-0.39, 0.29) is 19.5 Å². The van der Waals surface area contributed by atoms with Gasteiger partial charge in [0.05, 0.1) is 0 Å². The number of halogens is 2. The van der Waals surface area contributed by atoms with Crippen molar-refractivity contribution in [2.75, 3.05) is 11.8 Å². The molecule has 0 aliphatic heterocycles. The molecule has 0 aromatic rings. The van der Waals surface area contributed by atoms with Crippen LogP contribution in [-0.4, -0.2) is 11.8 Å². The van der Waals surface area contributed by atoms with Crippen molar-refractivity contribution in [2.45, 2.75) is 0 Å². The first-order chi connectivity index (χ1) is 1.91. The Balaban J connectivity index is 0. The van der Waals surface area contributed by atoms with Gasteiger partial charge >= 0.3 is 0 Å². The summed E-state index contributed by atoms with van der Waals surface area (Å²) in [6.07, 6.45) is 0. The van der Waals surface area contributed by atoms with Crippen LogP contribution in [0, 0.1) is 0 Å². The van der Waals surface area contributed by atoms with Gasteiger partial charge in [-0.05, 0) is 0 Å². The molecule has 28 valence electrons. The number of alkyl halides is 2. The van der Waals surface area contributed by atoms with Crippen molar-refractivity contribution < 1.29 is 19.5 Å². The van der Waals surface area contributed by atoms with Gasteiger partial charge < -0.3 is 0 Å². The van der Waals surface area contributed by atoms with E-state index < -0.39 is 0 Å². The minimum absolute atomic E-state index is 0. The zero-order valence-corrected chi connectivity index (χ0v) is 7.36. The van der Waals surface area contributed by atoms with Crippen molar-refractivity contribution in [1.82, 2.24) is 0 Å². The Morgan fingerprint density at radius 3 is 1.20 bits per heavy atom. The molecule has 0 saturated heterocycles. The van der Waals surface area contributed by atoms with Crippen molar-refractivity contribution in [3.05, 3.63) is 0 Å². The van der Waals surface area contributed by atoms with Crippen molar-refractivity contribution in [2.24, 2.45) is 0 Å². The fourth-order valence-electron chi connectivity index (χ4n) is 0. The molecule has 0 nitrogen and oxygen atoms in total. The third-order valence-electron chi connectivity index (χ3n) is 0.0714. The van der Waals surface area contributed by atoms with E-state index in [0.717, 1.165) is 0 Å². The Hall–Kier alpha value is 1.20. The molecule has 0 rings (SSSR count). The second kappa shape index (κ2) is 8.96. The molecule has 0 radical (unpaired) electrons. The molecular formula is C2H4Cl2Zn. The van der Waals surface area contributed by atoms with Crippen LogP contribution in [0.15, 0.2) is 0 Å². The average molecular weight is 164 g/mol. The van der Waals surface area contributed by atoms with E-state index in [9.17, 15) is 0 Å². The molecule has 0 fully saturated rings. The van der Waals surface area contributed by atoms with E-state index in [1.807, 2.05) is 0 Å². The molecule has 0 aromatic carbocycles. The van der Waals surface area contributed by atoms with Crippen LogP contribution in [0.2, 0.25) is 0 Å². The van der Waals surface area contributed by atoms with Crippen LogP contribution < -0.4 is 0 Å². The topological polar surface area (TPSA) is 0 Å². The second-order valence-corrected chi connectivity index (χ2v) is 1.13. The predicted molar refractivity (Wildman–Crippen MR) is 21.4 cm³/mol. The van der Waals surface area contributed by atoms with Gasteiger partial charge in [-0.3, -0.25) is 0 Å². The maximum Gasteiger partial charge on any atom is 0.0359 e. The van der Waals surface area contributed by atoms with Gasteiger partial charge in [0.25, 0.3) is 0 Å². The Morgan fingerprint density at radius 2 is 1.20 bits per heavy atom. The summed E-state index contributed by atoms with van der Waals surface area (Å²) in [5.41, 5.74) is 0. The number of hydrogen-bond donors (Lipinski definition) is 0. The SMILES string of the molecule is ClCCCl.[Zn]. The first-order valence-corrected chi connectivity index (χ1v) is 2.10. The van der Waals surface area contributed by atoms with E-state index in [1.54, 1.807) is 0 Å². The summed E-state index contributed by atoms with van der Waals surface area (Å²) in [6.45, 7) is 0. The van der Waals surface area contributed by atoms with Crippen LogP contribution in [0.1, 0.15) is 0 Å². The first kappa shape index (κ1) is 9.51. The summed E-state index contributed by atoms with van der Waals surface area (Å²) in [5.74, 6) is 1.11. The third kappa shape index (κ3) is 11.0. The van der Waals surface area contributed by atoms with Crippen LogP contribution in [0.25, 0.3) is 0 Å². The van der Waals surface area contributed by atoms with Gasteiger partial charge in [-0.1, -0.05) is 0 Å². The quantitative estimate of drug-likeness (QED) is 0.407. The largest absolute Gasteiger partial charge is 0.125 e. The monoisotopic (exact) mass is 162 g/mol. The molecule has 0 saturated carbocycles. The van der Waals surface area contributed by atoms with Gasteiger partial charge in [-0.15, -0.1) is 23.2 Å². The van der Waals surface area contributed by atoms with E-state index in [0.29, 0.717) is 11.8 Å². The van der Waals surface area contributed by atoms with Gasteiger partial charge in [0.2, 0.25) is 0 Å². The van der Waals surface area contributed by atoms with Crippen LogP contribution >= 0.6 is 23.2 Å². The minimum atomic E-state index is 0. The van der Waals surface area contributed by atoms with Gasteiger partial charge in [-0.2, -0.15) is 0 Å². The van der Waals surface area contributed by atoms with E-state index in [1.165, 1.54) is 0 Å². The van der Waals surface area contributed by atoms with E-state index in [2.05, 4.69) is 0 Å². The molecular weight excluding hydrogens is 160 g/mol. The molecule has 0 amide bonds. The molecule has 0 N–H and O–H groups in total.